The van der Waals surface area contributed by atoms with E-state index in [-0.39, 0.29) is 5.41 Å². The molecular weight excluding hydrogens is 210 g/mol. The van der Waals surface area contributed by atoms with Crippen molar-refractivity contribution in [1.29, 1.82) is 5.26 Å². The van der Waals surface area contributed by atoms with Crippen LogP contribution >= 0.6 is 0 Å². The van der Waals surface area contributed by atoms with E-state index in [4.69, 9.17) is 5.26 Å². The Morgan fingerprint density at radius 3 is 2.59 bits per heavy atom. The zero-order valence-electron chi connectivity index (χ0n) is 11.3. The van der Waals surface area contributed by atoms with Crippen molar-refractivity contribution < 1.29 is 0 Å². The number of nitrogens with zero attached hydrogens (tertiary/aromatic N) is 2. The fraction of sp³-hybridized carbons (Fsp3) is 0.571. The molecule has 0 amide bonds. The summed E-state index contributed by atoms with van der Waals surface area (Å²) in [6, 6.07) is 5.73. The predicted molar refractivity (Wildman–Crippen MR) is 70.8 cm³/mol. The first-order valence-corrected chi connectivity index (χ1v) is 5.95. The molecule has 0 saturated carbocycles. The van der Waals surface area contributed by atoms with E-state index < -0.39 is 0 Å². The summed E-state index contributed by atoms with van der Waals surface area (Å²) in [6.07, 6.45) is 0. The molecule has 1 atom stereocenters. The molecule has 1 rings (SSSR count). The largest absolute Gasteiger partial charge is 0.370 e. The number of pyridine rings is 1. The van der Waals surface area contributed by atoms with Gasteiger partial charge in [-0.25, -0.2) is 4.98 Å². The molecule has 0 aromatic carbocycles. The van der Waals surface area contributed by atoms with Crippen LogP contribution in [-0.2, 0) is 0 Å². The first-order chi connectivity index (χ1) is 7.82. The van der Waals surface area contributed by atoms with Crippen molar-refractivity contribution in [2.75, 3.05) is 11.9 Å². The van der Waals surface area contributed by atoms with Crippen LogP contribution in [0.5, 0.6) is 0 Å². The Morgan fingerprint density at radius 2 is 2.06 bits per heavy atom. The first kappa shape index (κ1) is 13.5. The van der Waals surface area contributed by atoms with Crippen molar-refractivity contribution in [3.63, 3.8) is 0 Å². The highest BCUT2D eigenvalue weighted by atomic mass is 15.0. The van der Waals surface area contributed by atoms with Crippen molar-refractivity contribution in [2.45, 2.75) is 34.6 Å². The lowest BCUT2D eigenvalue weighted by molar-refractivity contribution is 0.274. The van der Waals surface area contributed by atoms with Gasteiger partial charge in [0.1, 0.15) is 5.82 Å². The minimum Gasteiger partial charge on any atom is -0.370 e. The van der Waals surface area contributed by atoms with Crippen LogP contribution in [0.15, 0.2) is 12.1 Å². The second kappa shape index (κ2) is 5.18. The molecule has 92 valence electrons. The Bertz CT molecular complexity index is 424. The number of nitriles is 1. The zero-order chi connectivity index (χ0) is 13.1. The van der Waals surface area contributed by atoms with Crippen LogP contribution in [0.25, 0.3) is 0 Å². The van der Waals surface area contributed by atoms with E-state index in [1.807, 2.05) is 6.92 Å². The number of nitrogens with one attached hydrogen (secondary N) is 1. The Morgan fingerprint density at radius 1 is 1.41 bits per heavy atom. The SMILES string of the molecule is Cc1cc(C#N)cc(NCC(C)C(C)(C)C)n1. The number of rotatable bonds is 3. The summed E-state index contributed by atoms with van der Waals surface area (Å²) in [7, 11) is 0. The molecule has 3 heteroatoms. The highest BCUT2D eigenvalue weighted by Gasteiger charge is 2.19. The fourth-order valence-corrected chi connectivity index (χ4v) is 1.39. The monoisotopic (exact) mass is 231 g/mol. The van der Waals surface area contributed by atoms with Crippen molar-refractivity contribution in [3.05, 3.63) is 23.4 Å². The summed E-state index contributed by atoms with van der Waals surface area (Å²) in [6.45, 7) is 11.7. The van der Waals surface area contributed by atoms with Crippen LogP contribution in [-0.4, -0.2) is 11.5 Å². The molecule has 0 aliphatic heterocycles. The standard InChI is InChI=1S/C14H21N3/c1-10(14(3,4)5)9-16-13-7-12(8-15)6-11(2)17-13/h6-7,10H,9H2,1-5H3,(H,16,17). The highest BCUT2D eigenvalue weighted by Crippen LogP contribution is 2.25. The van der Waals surface area contributed by atoms with Crippen molar-refractivity contribution in [2.24, 2.45) is 11.3 Å². The second-order valence-electron chi connectivity index (χ2n) is 5.64. The molecule has 0 aliphatic rings. The Kier molecular flexibility index (Phi) is 4.11. The van der Waals surface area contributed by atoms with Crippen LogP contribution in [0.4, 0.5) is 5.82 Å². The summed E-state index contributed by atoms with van der Waals surface area (Å²) < 4.78 is 0. The molecule has 1 aromatic rings. The van der Waals surface area contributed by atoms with Gasteiger partial charge in [-0.05, 0) is 30.4 Å². The molecule has 0 bridgehead atoms. The Labute approximate surface area is 104 Å². The van der Waals surface area contributed by atoms with E-state index in [9.17, 15) is 0 Å². The smallest absolute Gasteiger partial charge is 0.127 e. The fourth-order valence-electron chi connectivity index (χ4n) is 1.39. The van der Waals surface area contributed by atoms with E-state index >= 15 is 0 Å². The number of anilines is 1. The van der Waals surface area contributed by atoms with Crippen molar-refractivity contribution >= 4 is 5.82 Å². The molecule has 0 radical (unpaired) electrons. The molecule has 1 heterocycles. The summed E-state index contributed by atoms with van der Waals surface area (Å²) in [4.78, 5) is 4.37. The summed E-state index contributed by atoms with van der Waals surface area (Å²) in [5, 5.41) is 12.2. The first-order valence-electron chi connectivity index (χ1n) is 5.95. The molecule has 3 nitrogen and oxygen atoms in total. The maximum Gasteiger partial charge on any atom is 0.127 e. The van der Waals surface area contributed by atoms with Gasteiger partial charge in [0, 0.05) is 12.2 Å². The van der Waals surface area contributed by atoms with Gasteiger partial charge in [0.2, 0.25) is 0 Å². The molecule has 0 saturated heterocycles. The minimum absolute atomic E-state index is 0.273. The van der Waals surface area contributed by atoms with Crippen LogP contribution in [0.1, 0.15) is 39.0 Å². The minimum atomic E-state index is 0.273. The van der Waals surface area contributed by atoms with Gasteiger partial charge in [-0.1, -0.05) is 27.7 Å². The average molecular weight is 231 g/mol. The second-order valence-corrected chi connectivity index (χ2v) is 5.64. The van der Waals surface area contributed by atoms with Gasteiger partial charge in [0.15, 0.2) is 0 Å². The predicted octanol–water partition coefficient (Wildman–Crippen LogP) is 3.36. The summed E-state index contributed by atoms with van der Waals surface area (Å²) in [5.41, 5.74) is 1.80. The molecule has 0 fully saturated rings. The lowest BCUT2D eigenvalue weighted by atomic mass is 9.82. The van der Waals surface area contributed by atoms with Gasteiger partial charge in [-0.15, -0.1) is 0 Å². The van der Waals surface area contributed by atoms with Gasteiger partial charge in [-0.2, -0.15) is 5.26 Å². The lowest BCUT2D eigenvalue weighted by Gasteiger charge is -2.27. The van der Waals surface area contributed by atoms with Crippen LogP contribution in [0.3, 0.4) is 0 Å². The van der Waals surface area contributed by atoms with E-state index in [1.54, 1.807) is 12.1 Å². The summed E-state index contributed by atoms with van der Waals surface area (Å²) >= 11 is 0. The Balaban J connectivity index is 2.70. The zero-order valence-corrected chi connectivity index (χ0v) is 11.3. The quantitative estimate of drug-likeness (QED) is 0.867. The number of aryl methyl sites for hydroxylation is 1. The van der Waals surface area contributed by atoms with Gasteiger partial charge in [0.25, 0.3) is 0 Å². The third kappa shape index (κ3) is 4.07. The van der Waals surface area contributed by atoms with Crippen molar-refractivity contribution in [3.8, 4) is 6.07 Å². The van der Waals surface area contributed by atoms with Crippen molar-refractivity contribution in [1.82, 2.24) is 4.98 Å². The number of hydrogen-bond donors (Lipinski definition) is 1. The molecule has 17 heavy (non-hydrogen) atoms. The number of hydrogen-bond acceptors (Lipinski definition) is 3. The van der Waals surface area contributed by atoms with Crippen LogP contribution in [0.2, 0.25) is 0 Å². The Hall–Kier alpha value is -1.56. The number of aromatic nitrogens is 1. The molecule has 1 N–H and O–H groups in total. The van der Waals surface area contributed by atoms with E-state index in [1.165, 1.54) is 0 Å². The van der Waals surface area contributed by atoms with Gasteiger partial charge >= 0.3 is 0 Å². The van der Waals surface area contributed by atoms with Gasteiger partial charge < -0.3 is 5.32 Å². The van der Waals surface area contributed by atoms with Gasteiger partial charge in [-0.3, -0.25) is 0 Å². The topological polar surface area (TPSA) is 48.7 Å². The normalized spacial score (nSPS) is 12.9. The van der Waals surface area contributed by atoms with E-state index in [0.717, 1.165) is 18.1 Å². The lowest BCUT2D eigenvalue weighted by Crippen LogP contribution is -2.25. The molecular formula is C14H21N3. The highest BCUT2D eigenvalue weighted by molar-refractivity contribution is 5.44. The summed E-state index contributed by atoms with van der Waals surface area (Å²) in [5.74, 6) is 1.33. The van der Waals surface area contributed by atoms with Crippen LogP contribution in [0, 0.1) is 29.6 Å². The average Bonchev–Trinajstić information content (AvgIpc) is 2.23. The van der Waals surface area contributed by atoms with E-state index in [2.05, 4.69) is 44.1 Å². The molecule has 0 spiro atoms. The molecule has 1 aromatic heterocycles. The van der Waals surface area contributed by atoms with Crippen LogP contribution < -0.4 is 5.32 Å². The maximum atomic E-state index is 8.89. The van der Waals surface area contributed by atoms with Gasteiger partial charge in [0.05, 0.1) is 11.6 Å². The third-order valence-corrected chi connectivity index (χ3v) is 3.15. The third-order valence-electron chi connectivity index (χ3n) is 3.15. The van der Waals surface area contributed by atoms with E-state index in [0.29, 0.717) is 11.5 Å². The molecule has 0 aliphatic carbocycles. The molecule has 1 unspecified atom stereocenters. The maximum absolute atomic E-state index is 8.89.